The second-order valence-corrected chi connectivity index (χ2v) is 6.15. The van der Waals surface area contributed by atoms with Crippen molar-refractivity contribution in [1.29, 1.82) is 0 Å². The molecule has 0 saturated carbocycles. The van der Waals surface area contributed by atoms with Gasteiger partial charge in [-0.15, -0.1) is 0 Å². The van der Waals surface area contributed by atoms with Crippen molar-refractivity contribution in [3.8, 4) is 5.75 Å². The average Bonchev–Trinajstić information content (AvgIpc) is 3.10. The summed E-state index contributed by atoms with van der Waals surface area (Å²) in [5.41, 5.74) is 1.68. The van der Waals surface area contributed by atoms with Crippen LogP contribution in [0, 0.1) is 5.92 Å². The monoisotopic (exact) mass is 349 g/mol. The van der Waals surface area contributed by atoms with Gasteiger partial charge in [0.1, 0.15) is 5.75 Å². The lowest BCUT2D eigenvalue weighted by Gasteiger charge is -2.25. The van der Waals surface area contributed by atoms with Crippen molar-refractivity contribution < 1.29 is 23.8 Å². The number of esters is 1. The highest BCUT2D eigenvalue weighted by Crippen LogP contribution is 2.26. The van der Waals surface area contributed by atoms with E-state index in [4.69, 9.17) is 14.2 Å². The minimum atomic E-state index is -0.376. The fourth-order valence-electron chi connectivity index (χ4n) is 2.89. The van der Waals surface area contributed by atoms with Gasteiger partial charge in [-0.3, -0.25) is 9.59 Å². The predicted octanol–water partition coefficient (Wildman–Crippen LogP) is 2.30. The molecule has 138 valence electrons. The first kappa shape index (κ1) is 19.2. The second-order valence-electron chi connectivity index (χ2n) is 6.15. The zero-order valence-corrected chi connectivity index (χ0v) is 15.2. The molecule has 1 aromatic rings. The molecule has 0 spiro atoms. The molecule has 0 unspecified atom stereocenters. The molecule has 0 fully saturated rings. The first-order valence-electron chi connectivity index (χ1n) is 8.77. The van der Waals surface area contributed by atoms with E-state index in [9.17, 15) is 9.59 Å². The molecule has 0 N–H and O–H groups in total. The summed E-state index contributed by atoms with van der Waals surface area (Å²) in [7, 11) is 1.36. The Labute approximate surface area is 149 Å². The third-order valence-electron chi connectivity index (χ3n) is 4.24. The highest BCUT2D eigenvalue weighted by atomic mass is 16.5. The van der Waals surface area contributed by atoms with Crippen molar-refractivity contribution in [2.24, 2.45) is 5.92 Å². The highest BCUT2D eigenvalue weighted by molar-refractivity contribution is 5.95. The number of benzene rings is 1. The van der Waals surface area contributed by atoms with E-state index in [1.54, 1.807) is 17.9 Å². The Morgan fingerprint density at radius 2 is 2.16 bits per heavy atom. The van der Waals surface area contributed by atoms with E-state index in [0.29, 0.717) is 38.5 Å². The summed E-state index contributed by atoms with van der Waals surface area (Å²) in [6.07, 6.45) is 1.54. The maximum absolute atomic E-state index is 12.9. The summed E-state index contributed by atoms with van der Waals surface area (Å²) in [4.78, 5) is 26.4. The third-order valence-corrected chi connectivity index (χ3v) is 4.24. The Morgan fingerprint density at radius 1 is 1.36 bits per heavy atom. The number of ether oxygens (including phenoxy) is 3. The minimum Gasteiger partial charge on any atom is -0.493 e. The van der Waals surface area contributed by atoms with Crippen LogP contribution in [0.2, 0.25) is 0 Å². The lowest BCUT2D eigenvalue weighted by atomic mass is 10.1. The fraction of sp³-hybridized carbons (Fsp3) is 0.579. The van der Waals surface area contributed by atoms with Crippen LogP contribution < -0.4 is 4.74 Å². The average molecular weight is 349 g/mol. The summed E-state index contributed by atoms with van der Waals surface area (Å²) in [5, 5.41) is 0. The Kier molecular flexibility index (Phi) is 7.25. The van der Waals surface area contributed by atoms with Gasteiger partial charge in [-0.1, -0.05) is 6.92 Å². The number of methoxy groups -OCH3 is 1. The van der Waals surface area contributed by atoms with Crippen LogP contribution in [0.5, 0.6) is 5.75 Å². The summed E-state index contributed by atoms with van der Waals surface area (Å²) in [6, 6.07) is 5.52. The van der Waals surface area contributed by atoms with E-state index >= 15 is 0 Å². The Morgan fingerprint density at radius 3 is 2.88 bits per heavy atom. The van der Waals surface area contributed by atoms with Gasteiger partial charge in [0.25, 0.3) is 5.91 Å². The van der Waals surface area contributed by atoms with E-state index in [0.717, 1.165) is 24.2 Å². The van der Waals surface area contributed by atoms with Gasteiger partial charge in [-0.25, -0.2) is 0 Å². The molecule has 0 aromatic heterocycles. The molecule has 1 amide bonds. The quantitative estimate of drug-likeness (QED) is 0.506. The van der Waals surface area contributed by atoms with Crippen molar-refractivity contribution in [2.75, 3.05) is 40.0 Å². The van der Waals surface area contributed by atoms with E-state index < -0.39 is 0 Å². The lowest BCUT2D eigenvalue weighted by molar-refractivity contribution is -0.145. The molecule has 25 heavy (non-hydrogen) atoms. The van der Waals surface area contributed by atoms with Gasteiger partial charge >= 0.3 is 5.97 Å². The molecule has 0 bridgehead atoms. The molecule has 1 aromatic carbocycles. The first-order valence-corrected chi connectivity index (χ1v) is 8.77. The van der Waals surface area contributed by atoms with Crippen molar-refractivity contribution in [2.45, 2.75) is 26.7 Å². The van der Waals surface area contributed by atoms with Crippen LogP contribution in [-0.2, 0) is 20.7 Å². The standard InChI is InChI=1S/C19H27NO5/c1-4-24-10-5-9-20(13-14(2)19(22)23-3)18(21)16-6-7-17-15(12-16)8-11-25-17/h6-7,12,14H,4-5,8-11,13H2,1-3H3/t14-/m1/s1. The zero-order valence-electron chi connectivity index (χ0n) is 15.2. The van der Waals surface area contributed by atoms with Gasteiger partial charge in [-0.05, 0) is 37.1 Å². The maximum atomic E-state index is 12.9. The highest BCUT2D eigenvalue weighted by Gasteiger charge is 2.23. The van der Waals surface area contributed by atoms with Gasteiger partial charge in [0, 0.05) is 38.3 Å². The summed E-state index contributed by atoms with van der Waals surface area (Å²) in [5.74, 6) is 0.0769. The predicted molar refractivity (Wildman–Crippen MR) is 93.8 cm³/mol. The summed E-state index contributed by atoms with van der Waals surface area (Å²) < 4.78 is 15.6. The first-order chi connectivity index (χ1) is 12.1. The molecule has 6 nitrogen and oxygen atoms in total. The van der Waals surface area contributed by atoms with Crippen LogP contribution in [0.1, 0.15) is 36.2 Å². The summed E-state index contributed by atoms with van der Waals surface area (Å²) >= 11 is 0. The van der Waals surface area contributed by atoms with Gasteiger partial charge in [0.15, 0.2) is 0 Å². The van der Waals surface area contributed by atoms with E-state index in [-0.39, 0.29) is 17.8 Å². The molecule has 2 rings (SSSR count). The number of carbonyl (C=O) groups is 2. The van der Waals surface area contributed by atoms with E-state index in [2.05, 4.69) is 0 Å². The summed E-state index contributed by atoms with van der Waals surface area (Å²) in [6.45, 7) is 6.46. The minimum absolute atomic E-state index is 0.0815. The van der Waals surface area contributed by atoms with Crippen LogP contribution >= 0.6 is 0 Å². The fourth-order valence-corrected chi connectivity index (χ4v) is 2.89. The van der Waals surface area contributed by atoms with Crippen molar-refractivity contribution >= 4 is 11.9 Å². The van der Waals surface area contributed by atoms with Crippen LogP contribution in [0.15, 0.2) is 18.2 Å². The molecule has 0 saturated heterocycles. The molecule has 0 aliphatic carbocycles. The number of rotatable bonds is 9. The number of nitrogens with zero attached hydrogens (tertiary/aromatic N) is 1. The Balaban J connectivity index is 2.09. The van der Waals surface area contributed by atoms with E-state index in [1.807, 2.05) is 19.1 Å². The normalized spacial score (nSPS) is 13.7. The van der Waals surface area contributed by atoms with Gasteiger partial charge < -0.3 is 19.1 Å². The molecule has 6 heteroatoms. The van der Waals surface area contributed by atoms with Gasteiger partial charge in [-0.2, -0.15) is 0 Å². The lowest BCUT2D eigenvalue weighted by Crippen LogP contribution is -2.38. The maximum Gasteiger partial charge on any atom is 0.310 e. The van der Waals surface area contributed by atoms with Crippen molar-refractivity contribution in [3.05, 3.63) is 29.3 Å². The van der Waals surface area contributed by atoms with Crippen LogP contribution in [-0.4, -0.2) is 56.8 Å². The zero-order chi connectivity index (χ0) is 18.2. The molecule has 1 heterocycles. The van der Waals surface area contributed by atoms with Crippen molar-refractivity contribution in [1.82, 2.24) is 4.90 Å². The molecule has 0 radical (unpaired) electrons. The number of amides is 1. The topological polar surface area (TPSA) is 65.1 Å². The van der Waals surface area contributed by atoms with Crippen molar-refractivity contribution in [3.63, 3.8) is 0 Å². The smallest absolute Gasteiger partial charge is 0.310 e. The van der Waals surface area contributed by atoms with E-state index in [1.165, 1.54) is 7.11 Å². The largest absolute Gasteiger partial charge is 0.493 e. The number of hydrogen-bond acceptors (Lipinski definition) is 5. The molecular weight excluding hydrogens is 322 g/mol. The van der Waals surface area contributed by atoms with Crippen LogP contribution in [0.4, 0.5) is 0 Å². The number of carbonyl (C=O) groups excluding carboxylic acids is 2. The van der Waals surface area contributed by atoms with Gasteiger partial charge in [0.05, 0.1) is 19.6 Å². The Hall–Kier alpha value is -2.08. The van der Waals surface area contributed by atoms with Gasteiger partial charge in [0.2, 0.25) is 0 Å². The number of fused-ring (bicyclic) bond motifs is 1. The number of hydrogen-bond donors (Lipinski definition) is 0. The van der Waals surface area contributed by atoms with Crippen LogP contribution in [0.25, 0.3) is 0 Å². The second kappa shape index (κ2) is 9.42. The SMILES string of the molecule is CCOCCCN(C[C@@H](C)C(=O)OC)C(=O)c1ccc2c(c1)CCO2. The molecular formula is C19H27NO5. The molecule has 1 aliphatic rings. The molecule has 1 atom stereocenters. The third kappa shape index (κ3) is 5.19. The van der Waals surface area contributed by atoms with Crippen LogP contribution in [0.3, 0.4) is 0 Å². The molecule has 1 aliphatic heterocycles. The Bertz CT molecular complexity index is 601.